The van der Waals surface area contributed by atoms with Gasteiger partial charge in [-0.2, -0.15) is 4.98 Å². The Bertz CT molecular complexity index is 808. The molecule has 1 aromatic heterocycles. The molecular formula is C15H11Cl2N3O. The Morgan fingerprint density at radius 2 is 1.81 bits per heavy atom. The summed E-state index contributed by atoms with van der Waals surface area (Å²) in [6, 6.07) is 12.7. The van der Waals surface area contributed by atoms with Crippen LogP contribution in [0.15, 0.2) is 42.5 Å². The summed E-state index contributed by atoms with van der Waals surface area (Å²) >= 11 is 11.9. The van der Waals surface area contributed by atoms with Crippen molar-refractivity contribution in [2.45, 2.75) is 0 Å². The number of ether oxygens (including phenoxy) is 1. The second kappa shape index (κ2) is 5.76. The molecule has 0 radical (unpaired) electrons. The number of aromatic nitrogens is 2. The highest BCUT2D eigenvalue weighted by atomic mass is 35.5. The van der Waals surface area contributed by atoms with E-state index in [4.69, 9.17) is 27.9 Å². The van der Waals surface area contributed by atoms with Gasteiger partial charge in [0, 0.05) is 13.1 Å². The molecule has 0 amide bonds. The monoisotopic (exact) mass is 319 g/mol. The molecule has 0 aliphatic carbocycles. The van der Waals surface area contributed by atoms with Gasteiger partial charge < -0.3 is 10.1 Å². The van der Waals surface area contributed by atoms with Crippen LogP contribution in [0.2, 0.25) is 10.0 Å². The average molecular weight is 320 g/mol. The third-order valence-corrected chi connectivity index (χ3v) is 3.64. The van der Waals surface area contributed by atoms with Gasteiger partial charge in [0.2, 0.25) is 11.8 Å². The molecule has 1 N–H and O–H groups in total. The molecule has 106 valence electrons. The predicted molar refractivity (Wildman–Crippen MR) is 85.6 cm³/mol. The Labute approximate surface area is 131 Å². The first-order valence-corrected chi connectivity index (χ1v) is 7.00. The lowest BCUT2D eigenvalue weighted by atomic mass is 10.2. The molecule has 0 fully saturated rings. The smallest absolute Gasteiger partial charge is 0.231 e. The van der Waals surface area contributed by atoms with Crippen LogP contribution < -0.4 is 10.1 Å². The molecular weight excluding hydrogens is 309 g/mol. The summed E-state index contributed by atoms with van der Waals surface area (Å²) in [5.74, 6) is 1.52. The summed E-state index contributed by atoms with van der Waals surface area (Å²) in [6.45, 7) is 0. The first-order chi connectivity index (χ1) is 10.2. The molecule has 21 heavy (non-hydrogen) atoms. The van der Waals surface area contributed by atoms with E-state index in [-0.39, 0.29) is 0 Å². The van der Waals surface area contributed by atoms with Gasteiger partial charge in [-0.05, 0) is 24.3 Å². The largest absolute Gasteiger partial charge is 0.438 e. The van der Waals surface area contributed by atoms with Crippen LogP contribution in [0.1, 0.15) is 0 Å². The van der Waals surface area contributed by atoms with Crippen molar-refractivity contribution in [3.05, 3.63) is 52.5 Å². The van der Waals surface area contributed by atoms with Crippen LogP contribution in [0.5, 0.6) is 11.6 Å². The molecule has 0 atom stereocenters. The van der Waals surface area contributed by atoms with Gasteiger partial charge in [0.15, 0.2) is 0 Å². The van der Waals surface area contributed by atoms with Gasteiger partial charge in [-0.3, -0.25) is 0 Å². The van der Waals surface area contributed by atoms with Crippen molar-refractivity contribution in [3.63, 3.8) is 0 Å². The van der Waals surface area contributed by atoms with Crippen molar-refractivity contribution in [2.75, 3.05) is 12.4 Å². The fraction of sp³-hybridized carbons (Fsp3) is 0.0667. The normalized spacial score (nSPS) is 10.6. The molecule has 3 aromatic rings. The van der Waals surface area contributed by atoms with Gasteiger partial charge in [0.25, 0.3) is 0 Å². The van der Waals surface area contributed by atoms with E-state index in [0.29, 0.717) is 27.6 Å². The van der Waals surface area contributed by atoms with Crippen LogP contribution in [0.3, 0.4) is 0 Å². The summed E-state index contributed by atoms with van der Waals surface area (Å²) in [4.78, 5) is 8.72. The van der Waals surface area contributed by atoms with Crippen LogP contribution in [0.25, 0.3) is 10.9 Å². The average Bonchev–Trinajstić information content (AvgIpc) is 2.51. The maximum atomic E-state index is 6.00. The standard InChI is InChI=1S/C15H11Cl2N3O/c1-18-15-19-13-5-3-2-4-10(13)14(20-15)21-9-6-7-11(16)12(17)8-9/h2-8H,1H3,(H,18,19,20). The molecule has 0 spiro atoms. The Hall–Kier alpha value is -2.04. The molecule has 0 aliphatic rings. The van der Waals surface area contributed by atoms with E-state index in [9.17, 15) is 0 Å². The molecule has 4 nitrogen and oxygen atoms in total. The number of nitrogens with one attached hydrogen (secondary N) is 1. The molecule has 0 bridgehead atoms. The van der Waals surface area contributed by atoms with E-state index < -0.39 is 0 Å². The van der Waals surface area contributed by atoms with Crippen LogP contribution >= 0.6 is 23.2 Å². The third-order valence-electron chi connectivity index (χ3n) is 2.90. The molecule has 2 aromatic carbocycles. The van der Waals surface area contributed by atoms with Crippen LogP contribution in [-0.4, -0.2) is 17.0 Å². The van der Waals surface area contributed by atoms with Gasteiger partial charge in [-0.15, -0.1) is 0 Å². The molecule has 3 rings (SSSR count). The molecule has 0 aliphatic heterocycles. The first kappa shape index (κ1) is 13.9. The van der Waals surface area contributed by atoms with Crippen molar-refractivity contribution in [2.24, 2.45) is 0 Å². The number of benzene rings is 2. The SMILES string of the molecule is CNc1nc(Oc2ccc(Cl)c(Cl)c2)c2ccccc2n1. The Kier molecular flexibility index (Phi) is 3.82. The maximum absolute atomic E-state index is 6.00. The van der Waals surface area contributed by atoms with Crippen LogP contribution in [0.4, 0.5) is 5.95 Å². The van der Waals surface area contributed by atoms with Gasteiger partial charge in [-0.25, -0.2) is 4.98 Å². The lowest BCUT2D eigenvalue weighted by Crippen LogP contribution is -1.99. The number of hydrogen-bond donors (Lipinski definition) is 1. The minimum absolute atomic E-state index is 0.432. The van der Waals surface area contributed by atoms with Gasteiger partial charge >= 0.3 is 0 Å². The maximum Gasteiger partial charge on any atom is 0.231 e. The predicted octanol–water partition coefficient (Wildman–Crippen LogP) is 4.77. The summed E-state index contributed by atoms with van der Waals surface area (Å²) < 4.78 is 5.84. The van der Waals surface area contributed by atoms with Crippen molar-refractivity contribution in [3.8, 4) is 11.6 Å². The second-order valence-electron chi connectivity index (χ2n) is 4.30. The van der Waals surface area contributed by atoms with E-state index in [1.165, 1.54) is 0 Å². The number of para-hydroxylation sites is 1. The minimum Gasteiger partial charge on any atom is -0.438 e. The van der Waals surface area contributed by atoms with E-state index in [1.807, 2.05) is 24.3 Å². The first-order valence-electron chi connectivity index (χ1n) is 6.25. The fourth-order valence-corrected chi connectivity index (χ4v) is 2.18. The highest BCUT2D eigenvalue weighted by Crippen LogP contribution is 2.32. The summed E-state index contributed by atoms with van der Waals surface area (Å²) in [7, 11) is 1.76. The van der Waals surface area contributed by atoms with Gasteiger partial charge in [-0.1, -0.05) is 35.3 Å². The number of nitrogens with zero attached hydrogens (tertiary/aromatic N) is 2. The molecule has 6 heteroatoms. The zero-order valence-corrected chi connectivity index (χ0v) is 12.6. The van der Waals surface area contributed by atoms with Gasteiger partial charge in [0.05, 0.1) is 20.9 Å². The number of rotatable bonds is 3. The Morgan fingerprint density at radius 1 is 1.00 bits per heavy atom. The molecule has 0 saturated heterocycles. The van der Waals surface area contributed by atoms with E-state index in [0.717, 1.165) is 10.9 Å². The topological polar surface area (TPSA) is 47.0 Å². The summed E-state index contributed by atoms with van der Waals surface area (Å²) in [5, 5.41) is 4.65. The number of fused-ring (bicyclic) bond motifs is 1. The Morgan fingerprint density at radius 3 is 2.57 bits per heavy atom. The molecule has 1 heterocycles. The summed E-state index contributed by atoms with van der Waals surface area (Å²) in [6.07, 6.45) is 0. The minimum atomic E-state index is 0.432. The molecule has 0 unspecified atom stereocenters. The lowest BCUT2D eigenvalue weighted by molar-refractivity contribution is 0.469. The summed E-state index contributed by atoms with van der Waals surface area (Å²) in [5.41, 5.74) is 0.798. The van der Waals surface area contributed by atoms with Crippen molar-refractivity contribution in [1.29, 1.82) is 0 Å². The highest BCUT2D eigenvalue weighted by molar-refractivity contribution is 6.42. The Balaban J connectivity index is 2.08. The lowest BCUT2D eigenvalue weighted by Gasteiger charge is -2.10. The zero-order valence-electron chi connectivity index (χ0n) is 11.1. The van der Waals surface area contributed by atoms with Crippen LogP contribution in [0, 0.1) is 0 Å². The highest BCUT2D eigenvalue weighted by Gasteiger charge is 2.10. The molecule has 0 saturated carbocycles. The second-order valence-corrected chi connectivity index (χ2v) is 5.11. The van der Waals surface area contributed by atoms with E-state index >= 15 is 0 Å². The zero-order chi connectivity index (χ0) is 14.8. The fourth-order valence-electron chi connectivity index (χ4n) is 1.89. The van der Waals surface area contributed by atoms with Crippen LogP contribution in [-0.2, 0) is 0 Å². The van der Waals surface area contributed by atoms with E-state index in [2.05, 4.69) is 15.3 Å². The van der Waals surface area contributed by atoms with Gasteiger partial charge in [0.1, 0.15) is 5.75 Å². The van der Waals surface area contributed by atoms with E-state index in [1.54, 1.807) is 25.2 Å². The van der Waals surface area contributed by atoms with Crippen molar-refractivity contribution >= 4 is 40.1 Å². The van der Waals surface area contributed by atoms with Crippen molar-refractivity contribution in [1.82, 2.24) is 9.97 Å². The third kappa shape index (κ3) is 2.86. The quantitative estimate of drug-likeness (QED) is 0.755. The number of halogens is 2. The van der Waals surface area contributed by atoms with Crippen molar-refractivity contribution < 1.29 is 4.74 Å². The number of hydrogen-bond acceptors (Lipinski definition) is 4. The number of anilines is 1.